The first kappa shape index (κ1) is 17.2. The number of anilines is 1. The van der Waals surface area contributed by atoms with E-state index in [4.69, 9.17) is 15.9 Å². The molecule has 5 N–H and O–H groups in total. The Bertz CT molecular complexity index is 602. The fourth-order valence-electron chi connectivity index (χ4n) is 2.35. The summed E-state index contributed by atoms with van der Waals surface area (Å²) in [6, 6.07) is 7.50. The molecular weight excluding hydrogens is 292 g/mol. The molecule has 0 bridgehead atoms. The molecule has 1 saturated heterocycles. The molecule has 1 aliphatic rings. The van der Waals surface area contributed by atoms with Gasteiger partial charge in [-0.1, -0.05) is 19.1 Å². The minimum absolute atomic E-state index is 0.0429. The SMILES string of the molecule is CC/C(N)=C(\C)C(=N)C(=O)Nc1ccc(C2CNCCO2)cc1. The Balaban J connectivity index is 2.00. The fourth-order valence-corrected chi connectivity index (χ4v) is 2.35. The number of benzene rings is 1. The minimum Gasteiger partial charge on any atom is -0.402 e. The molecule has 1 amide bonds. The van der Waals surface area contributed by atoms with Gasteiger partial charge in [0.1, 0.15) is 5.71 Å². The summed E-state index contributed by atoms with van der Waals surface area (Å²) >= 11 is 0. The van der Waals surface area contributed by atoms with E-state index in [9.17, 15) is 4.79 Å². The maximum atomic E-state index is 12.1. The second-order valence-electron chi connectivity index (χ2n) is 5.52. The highest BCUT2D eigenvalue weighted by Crippen LogP contribution is 2.20. The molecule has 1 aromatic carbocycles. The van der Waals surface area contributed by atoms with E-state index in [1.165, 1.54) is 0 Å². The molecule has 0 spiro atoms. The van der Waals surface area contributed by atoms with Crippen LogP contribution < -0.4 is 16.4 Å². The van der Waals surface area contributed by atoms with Gasteiger partial charge in [-0.15, -0.1) is 0 Å². The maximum absolute atomic E-state index is 12.1. The molecule has 0 aliphatic carbocycles. The first-order valence-corrected chi connectivity index (χ1v) is 7.80. The summed E-state index contributed by atoms with van der Waals surface area (Å²) in [7, 11) is 0. The largest absolute Gasteiger partial charge is 0.402 e. The van der Waals surface area contributed by atoms with Crippen LogP contribution in [-0.4, -0.2) is 31.3 Å². The molecule has 0 saturated carbocycles. The molecule has 0 aromatic heterocycles. The Morgan fingerprint density at radius 1 is 1.43 bits per heavy atom. The summed E-state index contributed by atoms with van der Waals surface area (Å²) in [6.07, 6.45) is 0.660. The van der Waals surface area contributed by atoms with Gasteiger partial charge in [0.2, 0.25) is 0 Å². The number of carbonyl (C=O) groups is 1. The Morgan fingerprint density at radius 2 is 2.13 bits per heavy atom. The van der Waals surface area contributed by atoms with E-state index in [1.807, 2.05) is 31.2 Å². The fraction of sp³-hybridized carbons (Fsp3) is 0.412. The second-order valence-corrected chi connectivity index (χ2v) is 5.52. The summed E-state index contributed by atoms with van der Waals surface area (Å²) in [6.45, 7) is 5.95. The number of ether oxygens (including phenoxy) is 1. The van der Waals surface area contributed by atoms with Gasteiger partial charge >= 0.3 is 0 Å². The van der Waals surface area contributed by atoms with Gasteiger partial charge in [-0.3, -0.25) is 10.2 Å². The van der Waals surface area contributed by atoms with Crippen molar-refractivity contribution in [2.24, 2.45) is 5.73 Å². The summed E-state index contributed by atoms with van der Waals surface area (Å²) in [4.78, 5) is 12.1. The molecule has 2 rings (SSSR count). The molecule has 6 nitrogen and oxygen atoms in total. The van der Waals surface area contributed by atoms with Crippen LogP contribution in [0.5, 0.6) is 0 Å². The first-order valence-electron chi connectivity index (χ1n) is 7.80. The quantitative estimate of drug-likeness (QED) is 0.624. The zero-order valence-electron chi connectivity index (χ0n) is 13.6. The zero-order valence-corrected chi connectivity index (χ0v) is 13.6. The lowest BCUT2D eigenvalue weighted by atomic mass is 10.1. The van der Waals surface area contributed by atoms with Crippen LogP contribution >= 0.6 is 0 Å². The Hall–Kier alpha value is -2.18. The lowest BCUT2D eigenvalue weighted by Gasteiger charge is -2.24. The zero-order chi connectivity index (χ0) is 16.8. The Kier molecular flexibility index (Phi) is 5.90. The third-order valence-electron chi connectivity index (χ3n) is 3.93. The smallest absolute Gasteiger partial charge is 0.273 e. The number of nitrogens with two attached hydrogens (primary N) is 1. The van der Waals surface area contributed by atoms with E-state index in [0.29, 0.717) is 30.0 Å². The van der Waals surface area contributed by atoms with Crippen LogP contribution in [0.4, 0.5) is 5.69 Å². The molecule has 1 aliphatic heterocycles. The molecule has 0 radical (unpaired) electrons. The summed E-state index contributed by atoms with van der Waals surface area (Å²) in [5, 5.41) is 13.9. The van der Waals surface area contributed by atoms with Crippen LogP contribution in [0.2, 0.25) is 0 Å². The van der Waals surface area contributed by atoms with Crippen molar-refractivity contribution in [1.82, 2.24) is 5.32 Å². The van der Waals surface area contributed by atoms with Crippen LogP contribution in [0, 0.1) is 5.41 Å². The molecule has 1 aromatic rings. The summed E-state index contributed by atoms with van der Waals surface area (Å²) < 4.78 is 5.69. The highest BCUT2D eigenvalue weighted by molar-refractivity contribution is 6.47. The highest BCUT2D eigenvalue weighted by Gasteiger charge is 2.16. The van der Waals surface area contributed by atoms with Crippen molar-refractivity contribution < 1.29 is 9.53 Å². The molecule has 23 heavy (non-hydrogen) atoms. The third kappa shape index (κ3) is 4.40. The van der Waals surface area contributed by atoms with Crippen molar-refractivity contribution in [3.63, 3.8) is 0 Å². The number of nitrogens with one attached hydrogen (secondary N) is 3. The molecule has 124 valence electrons. The van der Waals surface area contributed by atoms with E-state index < -0.39 is 5.91 Å². The normalized spacial score (nSPS) is 19.0. The van der Waals surface area contributed by atoms with Gasteiger partial charge in [-0.2, -0.15) is 0 Å². The maximum Gasteiger partial charge on any atom is 0.273 e. The van der Waals surface area contributed by atoms with Gasteiger partial charge in [-0.25, -0.2) is 0 Å². The molecule has 1 unspecified atom stereocenters. The van der Waals surface area contributed by atoms with Crippen molar-refractivity contribution in [2.45, 2.75) is 26.4 Å². The van der Waals surface area contributed by atoms with Gasteiger partial charge in [0.25, 0.3) is 5.91 Å². The monoisotopic (exact) mass is 316 g/mol. The van der Waals surface area contributed by atoms with Crippen molar-refractivity contribution in [3.05, 3.63) is 41.1 Å². The van der Waals surface area contributed by atoms with Crippen molar-refractivity contribution in [1.29, 1.82) is 5.41 Å². The van der Waals surface area contributed by atoms with Gasteiger partial charge in [0.05, 0.1) is 12.7 Å². The molecule has 1 fully saturated rings. The number of hydrogen-bond acceptors (Lipinski definition) is 5. The minimum atomic E-state index is -0.456. The van der Waals surface area contributed by atoms with Crippen molar-refractivity contribution >= 4 is 17.3 Å². The summed E-state index contributed by atoms with van der Waals surface area (Å²) in [5.41, 5.74) is 8.48. The van der Waals surface area contributed by atoms with E-state index in [0.717, 1.165) is 18.7 Å². The Morgan fingerprint density at radius 3 is 2.70 bits per heavy atom. The average Bonchev–Trinajstić information content (AvgIpc) is 2.61. The molecular formula is C17H24N4O2. The standard InChI is InChI=1S/C17H24N4O2/c1-3-14(18)11(2)16(19)17(22)21-13-6-4-12(5-7-13)15-10-20-8-9-23-15/h4-7,15,19-20H,3,8-10,18H2,1-2H3,(H,21,22)/b14-11-,19-16?. The van der Waals surface area contributed by atoms with Gasteiger partial charge in [0, 0.05) is 24.5 Å². The third-order valence-corrected chi connectivity index (χ3v) is 3.93. The number of carbonyl (C=O) groups excluding carboxylic acids is 1. The van der Waals surface area contributed by atoms with Crippen LogP contribution in [0.1, 0.15) is 31.9 Å². The van der Waals surface area contributed by atoms with Crippen LogP contribution in [0.15, 0.2) is 35.5 Å². The number of amides is 1. The lowest BCUT2D eigenvalue weighted by molar-refractivity contribution is -0.110. The average molecular weight is 316 g/mol. The molecule has 1 atom stereocenters. The highest BCUT2D eigenvalue weighted by atomic mass is 16.5. The topological polar surface area (TPSA) is 100 Å². The van der Waals surface area contributed by atoms with Gasteiger partial charge < -0.3 is 21.1 Å². The van der Waals surface area contributed by atoms with E-state index in [1.54, 1.807) is 6.92 Å². The van der Waals surface area contributed by atoms with Gasteiger partial charge in [0.15, 0.2) is 0 Å². The number of allylic oxidation sites excluding steroid dienone is 1. The molecule has 6 heteroatoms. The number of hydrogen-bond donors (Lipinski definition) is 4. The Labute approximate surface area is 136 Å². The second kappa shape index (κ2) is 7.89. The predicted octanol–water partition coefficient (Wildman–Crippen LogP) is 1.95. The predicted molar refractivity (Wildman–Crippen MR) is 91.5 cm³/mol. The van der Waals surface area contributed by atoms with E-state index >= 15 is 0 Å². The van der Waals surface area contributed by atoms with E-state index in [2.05, 4.69) is 10.6 Å². The first-order chi connectivity index (χ1) is 11.0. The van der Waals surface area contributed by atoms with Crippen molar-refractivity contribution in [3.8, 4) is 0 Å². The molecule has 1 heterocycles. The van der Waals surface area contributed by atoms with Gasteiger partial charge in [-0.05, 0) is 36.6 Å². The van der Waals surface area contributed by atoms with E-state index in [-0.39, 0.29) is 11.8 Å². The van der Waals surface area contributed by atoms with Crippen LogP contribution in [0.3, 0.4) is 0 Å². The summed E-state index contributed by atoms with van der Waals surface area (Å²) in [5.74, 6) is -0.456. The van der Waals surface area contributed by atoms with Crippen LogP contribution in [-0.2, 0) is 9.53 Å². The van der Waals surface area contributed by atoms with Crippen molar-refractivity contribution in [2.75, 3.05) is 25.0 Å². The number of morpholine rings is 1. The van der Waals surface area contributed by atoms with Crippen LogP contribution in [0.25, 0.3) is 0 Å². The number of rotatable bonds is 5. The lowest BCUT2D eigenvalue weighted by Crippen LogP contribution is -2.33.